The third-order valence-corrected chi connectivity index (χ3v) is 5.80. The summed E-state index contributed by atoms with van der Waals surface area (Å²) in [6.45, 7) is 0. The first-order valence-electron chi connectivity index (χ1n) is 6.46. The molecule has 0 spiro atoms. The maximum Gasteiger partial charge on any atom is 0.286 e. The Labute approximate surface area is 141 Å². The van der Waals surface area contributed by atoms with E-state index < -0.39 is 10.0 Å². The van der Waals surface area contributed by atoms with Gasteiger partial charge in [0.05, 0.1) is 14.2 Å². The van der Waals surface area contributed by atoms with Crippen molar-refractivity contribution in [1.82, 2.24) is 14.4 Å². The van der Waals surface area contributed by atoms with Crippen molar-refractivity contribution in [3.05, 3.63) is 40.9 Å². The minimum absolute atomic E-state index is 0.00537. The molecule has 3 rings (SSSR count). The Balaban J connectivity index is 2.24. The van der Waals surface area contributed by atoms with Gasteiger partial charge in [0.25, 0.3) is 10.0 Å². The standard InChI is InChI=1S/C14H12BrN3O4S/c1-21-12-7-9(15)14(8-13(12)22-2)23(19,20)18-11-6-4-3-5-10(11)16-17-18/h3-8H,1-2H3. The number of para-hydroxylation sites is 1. The first-order chi connectivity index (χ1) is 11.0. The van der Waals surface area contributed by atoms with Crippen molar-refractivity contribution in [2.24, 2.45) is 0 Å². The number of fused-ring (bicyclic) bond motifs is 1. The molecule has 0 fully saturated rings. The van der Waals surface area contributed by atoms with E-state index in [2.05, 4.69) is 26.2 Å². The van der Waals surface area contributed by atoms with Crippen LogP contribution in [0.2, 0.25) is 0 Å². The van der Waals surface area contributed by atoms with Gasteiger partial charge in [0.1, 0.15) is 15.9 Å². The Morgan fingerprint density at radius 1 is 1.09 bits per heavy atom. The first kappa shape index (κ1) is 15.8. The van der Waals surface area contributed by atoms with Gasteiger partial charge in [-0.3, -0.25) is 0 Å². The lowest BCUT2D eigenvalue weighted by molar-refractivity contribution is 0.353. The summed E-state index contributed by atoms with van der Waals surface area (Å²) in [4.78, 5) is 0.00537. The molecule has 9 heteroatoms. The third kappa shape index (κ3) is 2.55. The maximum absolute atomic E-state index is 12.9. The van der Waals surface area contributed by atoms with Crippen molar-refractivity contribution in [2.75, 3.05) is 14.2 Å². The van der Waals surface area contributed by atoms with Gasteiger partial charge in [-0.2, -0.15) is 8.42 Å². The van der Waals surface area contributed by atoms with Crippen LogP contribution in [0.1, 0.15) is 0 Å². The average Bonchev–Trinajstić information content (AvgIpc) is 2.99. The molecule has 1 heterocycles. The van der Waals surface area contributed by atoms with Gasteiger partial charge >= 0.3 is 0 Å². The number of rotatable bonds is 4. The first-order valence-corrected chi connectivity index (χ1v) is 8.70. The van der Waals surface area contributed by atoms with Crippen LogP contribution in [0.3, 0.4) is 0 Å². The van der Waals surface area contributed by atoms with Gasteiger partial charge in [-0.1, -0.05) is 17.3 Å². The van der Waals surface area contributed by atoms with Crippen LogP contribution in [0.4, 0.5) is 0 Å². The van der Waals surface area contributed by atoms with Gasteiger partial charge in [-0.05, 0) is 34.1 Å². The van der Waals surface area contributed by atoms with E-state index in [9.17, 15) is 8.42 Å². The SMILES string of the molecule is COc1cc(Br)c(S(=O)(=O)n2nnc3ccccc32)cc1OC. The van der Waals surface area contributed by atoms with Crippen LogP contribution in [0.5, 0.6) is 11.5 Å². The predicted octanol–water partition coefficient (Wildman–Crippen LogP) is 2.45. The van der Waals surface area contributed by atoms with Crippen LogP contribution in [-0.4, -0.2) is 37.0 Å². The number of hydrogen-bond donors (Lipinski definition) is 0. The molecule has 0 saturated heterocycles. The van der Waals surface area contributed by atoms with Gasteiger partial charge in [0, 0.05) is 10.5 Å². The second kappa shape index (κ2) is 5.82. The van der Waals surface area contributed by atoms with E-state index in [1.165, 1.54) is 26.4 Å². The number of ether oxygens (including phenoxy) is 2. The lowest BCUT2D eigenvalue weighted by Crippen LogP contribution is -2.15. The molecule has 0 bridgehead atoms. The van der Waals surface area contributed by atoms with Gasteiger partial charge in [0.15, 0.2) is 11.5 Å². The monoisotopic (exact) mass is 397 g/mol. The minimum Gasteiger partial charge on any atom is -0.493 e. The number of hydrogen-bond acceptors (Lipinski definition) is 6. The zero-order valence-electron chi connectivity index (χ0n) is 12.2. The van der Waals surface area contributed by atoms with E-state index in [1.54, 1.807) is 24.3 Å². The lowest BCUT2D eigenvalue weighted by Gasteiger charge is -2.12. The molecule has 120 valence electrons. The smallest absolute Gasteiger partial charge is 0.286 e. The molecule has 0 saturated carbocycles. The average molecular weight is 398 g/mol. The molecule has 23 heavy (non-hydrogen) atoms. The van der Waals surface area contributed by atoms with E-state index in [1.807, 2.05) is 0 Å². The summed E-state index contributed by atoms with van der Waals surface area (Å²) in [7, 11) is -1.04. The fourth-order valence-electron chi connectivity index (χ4n) is 2.15. The fourth-order valence-corrected chi connectivity index (χ4v) is 4.38. The number of benzene rings is 2. The zero-order valence-corrected chi connectivity index (χ0v) is 14.6. The van der Waals surface area contributed by atoms with Crippen molar-refractivity contribution in [1.29, 1.82) is 0 Å². The number of methoxy groups -OCH3 is 2. The highest BCUT2D eigenvalue weighted by molar-refractivity contribution is 9.10. The van der Waals surface area contributed by atoms with E-state index in [-0.39, 0.29) is 4.90 Å². The molecule has 7 nitrogen and oxygen atoms in total. The lowest BCUT2D eigenvalue weighted by atomic mass is 10.3. The molecule has 0 aliphatic rings. The maximum atomic E-state index is 12.9. The summed E-state index contributed by atoms with van der Waals surface area (Å²) in [5.74, 6) is 0.723. The van der Waals surface area contributed by atoms with E-state index >= 15 is 0 Å². The topological polar surface area (TPSA) is 83.3 Å². The van der Waals surface area contributed by atoms with Crippen LogP contribution in [0.25, 0.3) is 11.0 Å². The summed E-state index contributed by atoms with van der Waals surface area (Å²) >= 11 is 3.26. The van der Waals surface area contributed by atoms with Crippen molar-refractivity contribution in [3.63, 3.8) is 0 Å². The Hall–Kier alpha value is -2.13. The second-order valence-electron chi connectivity index (χ2n) is 4.56. The molecular weight excluding hydrogens is 386 g/mol. The highest BCUT2D eigenvalue weighted by Crippen LogP contribution is 2.36. The molecule has 2 aromatic carbocycles. The predicted molar refractivity (Wildman–Crippen MR) is 87.4 cm³/mol. The van der Waals surface area contributed by atoms with Crippen LogP contribution < -0.4 is 9.47 Å². The summed E-state index contributed by atoms with van der Waals surface area (Å²) in [5.41, 5.74) is 0.891. The van der Waals surface area contributed by atoms with Gasteiger partial charge in [0.2, 0.25) is 0 Å². The van der Waals surface area contributed by atoms with Crippen LogP contribution in [0.15, 0.2) is 45.8 Å². The van der Waals surface area contributed by atoms with Gasteiger partial charge < -0.3 is 9.47 Å². The summed E-state index contributed by atoms with van der Waals surface area (Å²) in [6.07, 6.45) is 0. The molecule has 0 aliphatic heterocycles. The summed E-state index contributed by atoms with van der Waals surface area (Å²) < 4.78 is 37.4. The fraction of sp³-hybridized carbons (Fsp3) is 0.143. The van der Waals surface area contributed by atoms with Crippen LogP contribution in [0, 0.1) is 0 Å². The molecular formula is C14H12BrN3O4S. The van der Waals surface area contributed by atoms with Crippen LogP contribution >= 0.6 is 15.9 Å². The number of nitrogens with zero attached hydrogens (tertiary/aromatic N) is 3. The Morgan fingerprint density at radius 2 is 1.74 bits per heavy atom. The Kier molecular flexibility index (Phi) is 3.99. The van der Waals surface area contributed by atoms with Gasteiger partial charge in [-0.25, -0.2) is 0 Å². The molecule has 0 N–H and O–H groups in total. The third-order valence-electron chi connectivity index (χ3n) is 3.27. The second-order valence-corrected chi connectivity index (χ2v) is 7.15. The van der Waals surface area contributed by atoms with Crippen molar-refractivity contribution in [3.8, 4) is 11.5 Å². The van der Waals surface area contributed by atoms with E-state index in [0.29, 0.717) is 27.0 Å². The molecule has 0 atom stereocenters. The minimum atomic E-state index is -3.95. The molecule has 0 aliphatic carbocycles. The molecule has 3 aromatic rings. The highest BCUT2D eigenvalue weighted by atomic mass is 79.9. The van der Waals surface area contributed by atoms with Crippen molar-refractivity contribution in [2.45, 2.75) is 4.90 Å². The van der Waals surface area contributed by atoms with E-state index in [0.717, 1.165) is 4.09 Å². The zero-order chi connectivity index (χ0) is 16.6. The highest BCUT2D eigenvalue weighted by Gasteiger charge is 2.26. The normalized spacial score (nSPS) is 11.6. The summed E-state index contributed by atoms with van der Waals surface area (Å²) in [6, 6.07) is 9.74. The molecule has 1 aromatic heterocycles. The number of halogens is 1. The van der Waals surface area contributed by atoms with Crippen LogP contribution in [-0.2, 0) is 10.0 Å². The number of aromatic nitrogens is 3. The quantitative estimate of drug-likeness (QED) is 0.672. The van der Waals surface area contributed by atoms with Crippen molar-refractivity contribution < 1.29 is 17.9 Å². The molecule has 0 amide bonds. The van der Waals surface area contributed by atoms with E-state index in [4.69, 9.17) is 9.47 Å². The Morgan fingerprint density at radius 3 is 2.43 bits per heavy atom. The molecule has 0 radical (unpaired) electrons. The van der Waals surface area contributed by atoms with Crippen molar-refractivity contribution >= 4 is 37.0 Å². The summed E-state index contributed by atoms with van der Waals surface area (Å²) in [5, 5.41) is 7.65. The van der Waals surface area contributed by atoms with Gasteiger partial charge in [-0.15, -0.1) is 9.19 Å². The Bertz CT molecular complexity index is 985. The molecule has 0 unspecified atom stereocenters. The largest absolute Gasteiger partial charge is 0.493 e.